The Balaban J connectivity index is 1.71. The van der Waals surface area contributed by atoms with E-state index in [0.29, 0.717) is 11.3 Å². The van der Waals surface area contributed by atoms with Crippen LogP contribution in [-0.4, -0.2) is 31.3 Å². The molecule has 0 N–H and O–H groups in total. The number of urea groups is 1. The van der Waals surface area contributed by atoms with Crippen LogP contribution < -0.4 is 4.90 Å². The molecule has 0 radical (unpaired) electrons. The number of anilines is 1. The Hall–Kier alpha value is -3.65. The van der Waals surface area contributed by atoms with Gasteiger partial charge >= 0.3 is 12.0 Å². The summed E-state index contributed by atoms with van der Waals surface area (Å²) in [5, 5.41) is 0. The lowest BCUT2D eigenvalue weighted by molar-refractivity contribution is -0.0167. The zero-order valence-corrected chi connectivity index (χ0v) is 18.3. The van der Waals surface area contributed by atoms with E-state index in [-0.39, 0.29) is 17.0 Å². The third-order valence-electron chi connectivity index (χ3n) is 5.86. The number of sulfonamides is 1. The van der Waals surface area contributed by atoms with Crippen LogP contribution in [-0.2, 0) is 20.5 Å². The van der Waals surface area contributed by atoms with Crippen LogP contribution >= 0.6 is 0 Å². The second-order valence-electron chi connectivity index (χ2n) is 8.00. The van der Waals surface area contributed by atoms with Crippen LogP contribution in [0, 0.1) is 13.8 Å². The maximum absolute atomic E-state index is 13.6. The summed E-state index contributed by atoms with van der Waals surface area (Å²) in [5.74, 6) is -0.611. The second-order valence-corrected chi connectivity index (χ2v) is 9.86. The Labute approximate surface area is 185 Å². The van der Waals surface area contributed by atoms with E-state index >= 15 is 0 Å². The Morgan fingerprint density at radius 3 is 2.09 bits per heavy atom. The molecule has 3 aromatic rings. The second kappa shape index (κ2) is 6.93. The fourth-order valence-electron chi connectivity index (χ4n) is 4.14. The lowest BCUT2D eigenvalue weighted by Crippen LogP contribution is -2.51. The molecule has 2 amide bonds. The number of carbonyl (C=O) groups is 2. The average Bonchev–Trinajstić information content (AvgIpc) is 3.09. The maximum atomic E-state index is 13.6. The smallest absolute Gasteiger partial charge is 0.342 e. The molecule has 1 saturated heterocycles. The van der Waals surface area contributed by atoms with E-state index < -0.39 is 27.7 Å². The lowest BCUT2D eigenvalue weighted by Gasteiger charge is -2.40. The van der Waals surface area contributed by atoms with Crippen molar-refractivity contribution < 1.29 is 22.7 Å². The fourth-order valence-corrected chi connectivity index (χ4v) is 5.51. The molecule has 2 aliphatic heterocycles. The number of benzene rings is 3. The van der Waals surface area contributed by atoms with Gasteiger partial charge in [0.15, 0.2) is 0 Å². The van der Waals surface area contributed by atoms with Gasteiger partial charge in [-0.1, -0.05) is 59.7 Å². The van der Waals surface area contributed by atoms with Crippen molar-refractivity contribution in [3.05, 3.63) is 95.1 Å². The highest BCUT2D eigenvalue weighted by molar-refractivity contribution is 7.89. The molecular formula is C24H20N2O5S. The number of esters is 1. The van der Waals surface area contributed by atoms with Crippen molar-refractivity contribution in [3.8, 4) is 0 Å². The molecule has 1 fully saturated rings. The van der Waals surface area contributed by atoms with Gasteiger partial charge in [-0.15, -0.1) is 0 Å². The highest BCUT2D eigenvalue weighted by Gasteiger charge is 2.61. The zero-order valence-electron chi connectivity index (χ0n) is 17.5. The van der Waals surface area contributed by atoms with E-state index in [2.05, 4.69) is 0 Å². The standard InChI is InChI=1S/C24H20N2O5S/c1-16-7-11-18(12-8-16)24-15-25(32(29,30)19-13-9-17(2)10-14-19)23(28)26(24)21-6-4-3-5-20(21)22(27)31-24/h3-14H,15H2,1-2H3. The first-order chi connectivity index (χ1) is 15.2. The third-order valence-corrected chi connectivity index (χ3v) is 7.60. The molecular weight excluding hydrogens is 428 g/mol. The number of nitrogens with zero attached hydrogens (tertiary/aromatic N) is 2. The van der Waals surface area contributed by atoms with Gasteiger partial charge in [0.25, 0.3) is 10.0 Å². The first-order valence-corrected chi connectivity index (χ1v) is 11.5. The summed E-state index contributed by atoms with van der Waals surface area (Å²) in [4.78, 5) is 27.8. The van der Waals surface area contributed by atoms with Crippen LogP contribution in [0.5, 0.6) is 0 Å². The summed E-state index contributed by atoms with van der Waals surface area (Å²) in [6.45, 7) is 3.40. The Kier molecular flexibility index (Phi) is 4.39. The van der Waals surface area contributed by atoms with Gasteiger partial charge in [0.2, 0.25) is 5.72 Å². The number of amides is 2. The molecule has 0 aromatic heterocycles. The highest BCUT2D eigenvalue weighted by atomic mass is 32.2. The molecule has 1 atom stereocenters. The van der Waals surface area contributed by atoms with E-state index in [1.54, 1.807) is 48.5 Å². The maximum Gasteiger partial charge on any atom is 0.342 e. The normalized spacial score (nSPS) is 20.1. The van der Waals surface area contributed by atoms with Crippen molar-refractivity contribution in [2.45, 2.75) is 24.5 Å². The SMILES string of the molecule is Cc1ccc(C23CN(S(=O)(=O)c4ccc(C)cc4)C(=O)N2c2ccccc2C(=O)O3)cc1. The van der Waals surface area contributed by atoms with E-state index in [0.717, 1.165) is 15.4 Å². The molecule has 162 valence electrons. The highest BCUT2D eigenvalue weighted by Crippen LogP contribution is 2.47. The first-order valence-electron chi connectivity index (χ1n) is 10.1. The molecule has 0 saturated carbocycles. The number of hydrogen-bond donors (Lipinski definition) is 0. The molecule has 1 unspecified atom stereocenters. The summed E-state index contributed by atoms with van der Waals surface area (Å²) in [7, 11) is -4.19. The van der Waals surface area contributed by atoms with Crippen molar-refractivity contribution in [1.82, 2.24) is 4.31 Å². The van der Waals surface area contributed by atoms with Crippen molar-refractivity contribution >= 4 is 27.7 Å². The molecule has 2 aliphatic rings. The Bertz CT molecular complexity index is 1350. The van der Waals surface area contributed by atoms with E-state index in [1.807, 2.05) is 26.0 Å². The number of fused-ring (bicyclic) bond motifs is 3. The molecule has 32 heavy (non-hydrogen) atoms. The van der Waals surface area contributed by atoms with Gasteiger partial charge in [-0.25, -0.2) is 27.2 Å². The van der Waals surface area contributed by atoms with Gasteiger partial charge in [0, 0.05) is 5.56 Å². The minimum Gasteiger partial charge on any atom is -0.428 e. The topological polar surface area (TPSA) is 84.0 Å². The van der Waals surface area contributed by atoms with Gasteiger partial charge in [-0.2, -0.15) is 0 Å². The molecule has 5 rings (SSSR count). The van der Waals surface area contributed by atoms with Crippen LogP contribution in [0.25, 0.3) is 0 Å². The predicted molar refractivity (Wildman–Crippen MR) is 118 cm³/mol. The van der Waals surface area contributed by atoms with E-state index in [4.69, 9.17) is 4.74 Å². The van der Waals surface area contributed by atoms with Crippen LogP contribution in [0.15, 0.2) is 77.7 Å². The van der Waals surface area contributed by atoms with Gasteiger partial charge in [-0.05, 0) is 38.1 Å². The van der Waals surface area contributed by atoms with Crippen molar-refractivity contribution in [2.75, 3.05) is 11.4 Å². The first kappa shape index (κ1) is 20.3. The number of rotatable bonds is 3. The Morgan fingerprint density at radius 2 is 1.44 bits per heavy atom. The third kappa shape index (κ3) is 2.83. The largest absolute Gasteiger partial charge is 0.428 e. The van der Waals surface area contributed by atoms with Gasteiger partial charge < -0.3 is 4.74 Å². The lowest BCUT2D eigenvalue weighted by atomic mass is 9.97. The minimum atomic E-state index is -4.19. The molecule has 0 bridgehead atoms. The molecule has 8 heteroatoms. The number of para-hydroxylation sites is 1. The molecule has 2 heterocycles. The summed E-state index contributed by atoms with van der Waals surface area (Å²) < 4.78 is 33.6. The quantitative estimate of drug-likeness (QED) is 0.567. The number of carbonyl (C=O) groups excluding carboxylic acids is 2. The predicted octanol–water partition coefficient (Wildman–Crippen LogP) is 3.96. The number of aryl methyl sites for hydroxylation is 2. The van der Waals surface area contributed by atoms with Gasteiger partial charge in [-0.3, -0.25) is 0 Å². The zero-order chi connectivity index (χ0) is 22.7. The minimum absolute atomic E-state index is 0.00466. The summed E-state index contributed by atoms with van der Waals surface area (Å²) in [5.41, 5.74) is 1.31. The molecule has 7 nitrogen and oxygen atoms in total. The van der Waals surface area contributed by atoms with Gasteiger partial charge in [0.1, 0.15) is 6.54 Å². The van der Waals surface area contributed by atoms with Crippen LogP contribution in [0.2, 0.25) is 0 Å². The number of hydrogen-bond acceptors (Lipinski definition) is 5. The number of ether oxygens (including phenoxy) is 1. The Morgan fingerprint density at radius 1 is 0.844 bits per heavy atom. The van der Waals surface area contributed by atoms with Crippen molar-refractivity contribution in [1.29, 1.82) is 0 Å². The van der Waals surface area contributed by atoms with E-state index in [1.165, 1.54) is 17.0 Å². The molecule has 0 spiro atoms. The summed E-state index contributed by atoms with van der Waals surface area (Å²) in [6.07, 6.45) is 0. The van der Waals surface area contributed by atoms with Gasteiger partial charge in [0.05, 0.1) is 16.1 Å². The monoisotopic (exact) mass is 448 g/mol. The summed E-state index contributed by atoms with van der Waals surface area (Å²) in [6, 6.07) is 19.2. The summed E-state index contributed by atoms with van der Waals surface area (Å²) >= 11 is 0. The average molecular weight is 449 g/mol. The van der Waals surface area contributed by atoms with Crippen LogP contribution in [0.4, 0.5) is 10.5 Å². The molecule has 3 aromatic carbocycles. The van der Waals surface area contributed by atoms with Crippen molar-refractivity contribution in [3.63, 3.8) is 0 Å². The molecule has 0 aliphatic carbocycles. The van der Waals surface area contributed by atoms with Crippen molar-refractivity contribution in [2.24, 2.45) is 0 Å². The van der Waals surface area contributed by atoms with Crippen LogP contribution in [0.3, 0.4) is 0 Å². The van der Waals surface area contributed by atoms with Crippen LogP contribution in [0.1, 0.15) is 27.0 Å². The van der Waals surface area contributed by atoms with E-state index in [9.17, 15) is 18.0 Å². The fraction of sp³-hybridized carbons (Fsp3) is 0.167.